The van der Waals surface area contributed by atoms with Crippen molar-refractivity contribution in [3.05, 3.63) is 0 Å². The average molecular weight is 159 g/mol. The van der Waals surface area contributed by atoms with Crippen molar-refractivity contribution in [3.8, 4) is 0 Å². The van der Waals surface area contributed by atoms with Gasteiger partial charge in [-0.2, -0.15) is 0 Å². The summed E-state index contributed by atoms with van der Waals surface area (Å²) in [5.41, 5.74) is 0. The van der Waals surface area contributed by atoms with Crippen molar-refractivity contribution < 1.29 is 14.3 Å². The first kappa shape index (κ1) is 8.33. The van der Waals surface area contributed by atoms with Gasteiger partial charge >= 0.3 is 6.09 Å². The van der Waals surface area contributed by atoms with Crippen molar-refractivity contribution in [2.75, 3.05) is 20.3 Å². The Morgan fingerprint density at radius 1 is 1.91 bits per heavy atom. The van der Waals surface area contributed by atoms with Crippen LogP contribution in [-0.2, 0) is 9.47 Å². The van der Waals surface area contributed by atoms with Gasteiger partial charge < -0.3 is 14.8 Å². The lowest BCUT2D eigenvalue weighted by Crippen LogP contribution is -2.25. The van der Waals surface area contributed by atoms with Gasteiger partial charge in [0.1, 0.15) is 6.10 Å². The summed E-state index contributed by atoms with van der Waals surface area (Å²) in [6, 6.07) is 0. The molecule has 0 spiro atoms. The van der Waals surface area contributed by atoms with Crippen LogP contribution in [0.15, 0.2) is 0 Å². The molecular formula is C7H13NO3. The van der Waals surface area contributed by atoms with Gasteiger partial charge in [0.05, 0.1) is 13.2 Å². The number of hydrogen-bond donors (Lipinski definition) is 1. The Morgan fingerprint density at radius 2 is 2.64 bits per heavy atom. The van der Waals surface area contributed by atoms with E-state index in [1.54, 1.807) is 7.11 Å². The molecule has 0 aromatic carbocycles. The highest BCUT2D eigenvalue weighted by molar-refractivity contribution is 5.69. The van der Waals surface area contributed by atoms with Crippen molar-refractivity contribution >= 4 is 6.09 Å². The SMILES string of the molecule is COCC(C)C1CNC(=O)O1. The lowest BCUT2D eigenvalue weighted by atomic mass is 10.1. The van der Waals surface area contributed by atoms with Crippen molar-refractivity contribution in [2.45, 2.75) is 13.0 Å². The first-order chi connectivity index (χ1) is 5.24. The molecule has 1 aliphatic heterocycles. The number of rotatable bonds is 3. The predicted octanol–water partition coefficient (Wildman–Crippen LogP) is 0.377. The van der Waals surface area contributed by atoms with Crippen LogP contribution >= 0.6 is 0 Å². The van der Waals surface area contributed by atoms with E-state index in [0.717, 1.165) is 0 Å². The van der Waals surface area contributed by atoms with Gasteiger partial charge in [0.25, 0.3) is 0 Å². The minimum absolute atomic E-state index is 0.0255. The van der Waals surface area contributed by atoms with Crippen LogP contribution in [0, 0.1) is 5.92 Å². The number of nitrogens with one attached hydrogen (secondary N) is 1. The summed E-state index contributed by atoms with van der Waals surface area (Å²) in [7, 11) is 1.64. The molecule has 2 atom stereocenters. The van der Waals surface area contributed by atoms with E-state index in [4.69, 9.17) is 9.47 Å². The van der Waals surface area contributed by atoms with Gasteiger partial charge in [-0.25, -0.2) is 4.79 Å². The van der Waals surface area contributed by atoms with Gasteiger partial charge in [-0.1, -0.05) is 6.92 Å². The van der Waals surface area contributed by atoms with E-state index in [-0.39, 0.29) is 18.1 Å². The molecule has 4 nitrogen and oxygen atoms in total. The third-order valence-electron chi connectivity index (χ3n) is 1.77. The van der Waals surface area contributed by atoms with Gasteiger partial charge in [-0.05, 0) is 0 Å². The largest absolute Gasteiger partial charge is 0.444 e. The van der Waals surface area contributed by atoms with Gasteiger partial charge in [0, 0.05) is 13.0 Å². The monoisotopic (exact) mass is 159 g/mol. The standard InChI is InChI=1S/C7H13NO3/c1-5(4-10-2)6-3-8-7(9)11-6/h5-6H,3-4H2,1-2H3,(H,8,9). The second-order valence-corrected chi connectivity index (χ2v) is 2.76. The Kier molecular flexibility index (Phi) is 2.70. The molecule has 1 saturated heterocycles. The molecule has 1 heterocycles. The zero-order valence-corrected chi connectivity index (χ0v) is 6.79. The second-order valence-electron chi connectivity index (χ2n) is 2.76. The normalized spacial score (nSPS) is 26.0. The van der Waals surface area contributed by atoms with E-state index in [9.17, 15) is 4.79 Å². The maximum Gasteiger partial charge on any atom is 0.407 e. The zero-order chi connectivity index (χ0) is 8.27. The van der Waals surface area contributed by atoms with Gasteiger partial charge in [0.15, 0.2) is 0 Å². The molecular weight excluding hydrogens is 146 g/mol. The number of ether oxygens (including phenoxy) is 2. The molecule has 1 amide bonds. The molecule has 1 aliphatic rings. The quantitative estimate of drug-likeness (QED) is 0.647. The van der Waals surface area contributed by atoms with Gasteiger partial charge in [-0.3, -0.25) is 0 Å². The van der Waals surface area contributed by atoms with Gasteiger partial charge in [-0.15, -0.1) is 0 Å². The Labute approximate surface area is 65.9 Å². The van der Waals surface area contributed by atoms with Crippen molar-refractivity contribution in [3.63, 3.8) is 0 Å². The molecule has 1 N–H and O–H groups in total. The van der Waals surface area contributed by atoms with E-state index in [1.165, 1.54) is 0 Å². The summed E-state index contributed by atoms with van der Waals surface area (Å²) >= 11 is 0. The number of cyclic esters (lactones) is 1. The van der Waals surface area contributed by atoms with E-state index in [2.05, 4.69) is 5.32 Å². The number of carbonyl (C=O) groups excluding carboxylic acids is 1. The van der Waals surface area contributed by atoms with Crippen molar-refractivity contribution in [1.29, 1.82) is 0 Å². The number of amides is 1. The van der Waals surface area contributed by atoms with Crippen LogP contribution in [-0.4, -0.2) is 32.5 Å². The summed E-state index contributed by atoms with van der Waals surface area (Å²) in [5, 5.41) is 2.59. The lowest BCUT2D eigenvalue weighted by molar-refractivity contribution is 0.0652. The highest BCUT2D eigenvalue weighted by Gasteiger charge is 2.27. The first-order valence-electron chi connectivity index (χ1n) is 3.67. The molecule has 11 heavy (non-hydrogen) atoms. The van der Waals surface area contributed by atoms with Crippen LogP contribution < -0.4 is 5.32 Å². The third-order valence-corrected chi connectivity index (χ3v) is 1.77. The predicted molar refractivity (Wildman–Crippen MR) is 39.3 cm³/mol. The smallest absolute Gasteiger partial charge is 0.407 e. The minimum Gasteiger partial charge on any atom is -0.444 e. The minimum atomic E-state index is -0.321. The van der Waals surface area contributed by atoms with Crippen LogP contribution in [0.4, 0.5) is 4.79 Å². The van der Waals surface area contributed by atoms with Gasteiger partial charge in [0.2, 0.25) is 0 Å². The summed E-state index contributed by atoms with van der Waals surface area (Å²) in [4.78, 5) is 10.6. The second kappa shape index (κ2) is 3.57. The van der Waals surface area contributed by atoms with Crippen LogP contribution in [0.1, 0.15) is 6.92 Å². The maximum absolute atomic E-state index is 10.6. The molecule has 1 fully saturated rings. The summed E-state index contributed by atoms with van der Waals surface area (Å²) < 4.78 is 9.88. The molecule has 4 heteroatoms. The highest BCUT2D eigenvalue weighted by Crippen LogP contribution is 2.11. The molecule has 0 aliphatic carbocycles. The first-order valence-corrected chi connectivity index (χ1v) is 3.67. The highest BCUT2D eigenvalue weighted by atomic mass is 16.6. The number of alkyl carbamates (subject to hydrolysis) is 1. The summed E-state index contributed by atoms with van der Waals surface area (Å²) in [5.74, 6) is 0.263. The Bertz CT molecular complexity index is 149. The van der Waals surface area contributed by atoms with Crippen LogP contribution in [0.3, 0.4) is 0 Å². The Hall–Kier alpha value is -0.770. The Balaban J connectivity index is 2.30. The fourth-order valence-electron chi connectivity index (χ4n) is 1.09. The number of carbonyl (C=O) groups is 1. The molecule has 0 aromatic rings. The lowest BCUT2D eigenvalue weighted by Gasteiger charge is -2.14. The molecule has 1 rings (SSSR count). The van der Waals surface area contributed by atoms with E-state index in [0.29, 0.717) is 13.2 Å². The molecule has 64 valence electrons. The third kappa shape index (κ3) is 2.08. The number of hydrogen-bond acceptors (Lipinski definition) is 3. The zero-order valence-electron chi connectivity index (χ0n) is 6.79. The van der Waals surface area contributed by atoms with Crippen molar-refractivity contribution in [2.24, 2.45) is 5.92 Å². The summed E-state index contributed by atoms with van der Waals surface area (Å²) in [6.07, 6.45) is -0.347. The number of methoxy groups -OCH3 is 1. The fourth-order valence-corrected chi connectivity index (χ4v) is 1.09. The molecule has 0 radical (unpaired) electrons. The molecule has 2 unspecified atom stereocenters. The maximum atomic E-state index is 10.6. The Morgan fingerprint density at radius 3 is 3.09 bits per heavy atom. The summed E-state index contributed by atoms with van der Waals surface area (Å²) in [6.45, 7) is 3.22. The van der Waals surface area contributed by atoms with E-state index >= 15 is 0 Å². The average Bonchev–Trinajstić information content (AvgIpc) is 2.36. The van der Waals surface area contributed by atoms with Crippen LogP contribution in [0.5, 0.6) is 0 Å². The molecule has 0 saturated carbocycles. The van der Waals surface area contributed by atoms with E-state index < -0.39 is 0 Å². The van der Waals surface area contributed by atoms with Crippen LogP contribution in [0.2, 0.25) is 0 Å². The van der Waals surface area contributed by atoms with Crippen molar-refractivity contribution in [1.82, 2.24) is 5.32 Å². The van der Waals surface area contributed by atoms with Crippen LogP contribution in [0.25, 0.3) is 0 Å². The topological polar surface area (TPSA) is 47.6 Å². The van der Waals surface area contributed by atoms with E-state index in [1.807, 2.05) is 6.92 Å². The molecule has 0 aromatic heterocycles. The fraction of sp³-hybridized carbons (Fsp3) is 0.857. The molecule has 0 bridgehead atoms.